The molecule has 0 saturated carbocycles. The molecular formula is C33H30N2O10. The number of nitrogens with zero attached hydrogens (tertiary/aromatic N) is 1. The highest BCUT2D eigenvalue weighted by atomic mass is 16.6. The van der Waals surface area contributed by atoms with Crippen molar-refractivity contribution in [1.29, 1.82) is 0 Å². The summed E-state index contributed by atoms with van der Waals surface area (Å²) < 4.78 is 21.0. The van der Waals surface area contributed by atoms with E-state index in [0.717, 1.165) is 0 Å². The number of Topliss-reactive ketones (excluding diaryl/α,β-unsaturated/α-hetero) is 2. The molecule has 1 aliphatic heterocycles. The lowest BCUT2D eigenvalue weighted by Gasteiger charge is -2.32. The van der Waals surface area contributed by atoms with Gasteiger partial charge in [-0.1, -0.05) is 12.1 Å². The Bertz CT molecular complexity index is 1590. The van der Waals surface area contributed by atoms with Crippen molar-refractivity contribution >= 4 is 29.2 Å². The minimum atomic E-state index is -1.37. The monoisotopic (exact) mass is 614 g/mol. The van der Waals surface area contributed by atoms with Crippen LogP contribution >= 0.6 is 0 Å². The Kier molecular flexibility index (Phi) is 10.1. The van der Waals surface area contributed by atoms with E-state index in [1.54, 1.807) is 38.1 Å². The second-order valence-electron chi connectivity index (χ2n) is 9.54. The van der Waals surface area contributed by atoms with E-state index in [1.165, 1.54) is 62.8 Å². The lowest BCUT2D eigenvalue weighted by atomic mass is 9.75. The standard InChI is InChI=1S/C33H30N2O10/c1-5-44-32(38)28-26(30(36)20-9-15-23(42-3)16-10-20)25(19-7-13-22(14-8-19)35(40)41)27(29(34-28)33(39)45-6-2)31(37)21-11-17-24(43-4)18-12-21/h7-18,25,34H,5-6H2,1-4H3. The number of non-ortho nitro benzene ring substituents is 1. The third-order valence-corrected chi connectivity index (χ3v) is 6.96. The van der Waals surface area contributed by atoms with Crippen molar-refractivity contribution in [2.75, 3.05) is 27.4 Å². The van der Waals surface area contributed by atoms with E-state index in [4.69, 9.17) is 18.9 Å². The van der Waals surface area contributed by atoms with Crippen molar-refractivity contribution in [1.82, 2.24) is 5.32 Å². The maximum atomic E-state index is 14.3. The average molecular weight is 615 g/mol. The smallest absolute Gasteiger partial charge is 0.355 e. The summed E-state index contributed by atoms with van der Waals surface area (Å²) in [6.07, 6.45) is 0. The molecule has 0 bridgehead atoms. The van der Waals surface area contributed by atoms with Gasteiger partial charge >= 0.3 is 11.9 Å². The number of nitro benzene ring substituents is 1. The van der Waals surface area contributed by atoms with Crippen LogP contribution < -0.4 is 14.8 Å². The fourth-order valence-corrected chi connectivity index (χ4v) is 4.83. The summed E-state index contributed by atoms with van der Waals surface area (Å²) >= 11 is 0. The van der Waals surface area contributed by atoms with E-state index in [2.05, 4.69) is 5.32 Å². The van der Waals surface area contributed by atoms with E-state index in [0.29, 0.717) is 11.5 Å². The molecule has 0 aliphatic carbocycles. The molecular weight excluding hydrogens is 584 g/mol. The van der Waals surface area contributed by atoms with Gasteiger partial charge in [0.2, 0.25) is 0 Å². The molecule has 0 aromatic heterocycles. The summed E-state index contributed by atoms with van der Waals surface area (Å²) in [6.45, 7) is 3.01. The van der Waals surface area contributed by atoms with Gasteiger partial charge in [-0.2, -0.15) is 0 Å². The SMILES string of the molecule is CCOC(=O)C1=C(C(=O)c2ccc(OC)cc2)C(c2ccc([N+](=O)[O-])cc2)C(C(=O)c2ccc(OC)cc2)=C(C(=O)OCC)N1. The van der Waals surface area contributed by atoms with Gasteiger partial charge in [0.05, 0.1) is 32.4 Å². The Balaban J connectivity index is 2.06. The molecule has 0 spiro atoms. The van der Waals surface area contributed by atoms with Crippen LogP contribution in [0.4, 0.5) is 5.69 Å². The number of dihydropyridines is 1. The van der Waals surface area contributed by atoms with Crippen LogP contribution in [-0.2, 0) is 19.1 Å². The van der Waals surface area contributed by atoms with Crippen molar-refractivity contribution in [2.45, 2.75) is 19.8 Å². The summed E-state index contributed by atoms with van der Waals surface area (Å²) in [4.78, 5) is 66.4. The van der Waals surface area contributed by atoms with Gasteiger partial charge in [0.25, 0.3) is 5.69 Å². The molecule has 0 atom stereocenters. The van der Waals surface area contributed by atoms with Gasteiger partial charge in [0.15, 0.2) is 11.6 Å². The van der Waals surface area contributed by atoms with Crippen LogP contribution in [-0.4, -0.2) is 55.9 Å². The number of ether oxygens (including phenoxy) is 4. The Morgan fingerprint density at radius 3 is 1.42 bits per heavy atom. The third-order valence-electron chi connectivity index (χ3n) is 6.96. The lowest BCUT2D eigenvalue weighted by molar-refractivity contribution is -0.384. The lowest BCUT2D eigenvalue weighted by Crippen LogP contribution is -2.39. The molecule has 1 N–H and O–H groups in total. The van der Waals surface area contributed by atoms with Crippen LogP contribution in [0.5, 0.6) is 11.5 Å². The molecule has 0 fully saturated rings. The molecule has 3 aromatic rings. The summed E-state index contributed by atoms with van der Waals surface area (Å²) in [6, 6.07) is 17.3. The summed E-state index contributed by atoms with van der Waals surface area (Å²) in [5.74, 6) is -3.67. The van der Waals surface area contributed by atoms with Crippen molar-refractivity contribution in [2.24, 2.45) is 0 Å². The zero-order valence-electron chi connectivity index (χ0n) is 24.9. The van der Waals surface area contributed by atoms with Gasteiger partial charge in [-0.25, -0.2) is 9.59 Å². The van der Waals surface area contributed by atoms with Gasteiger partial charge in [-0.05, 0) is 67.9 Å². The van der Waals surface area contributed by atoms with Gasteiger partial charge in [-0.3, -0.25) is 19.7 Å². The first kappa shape index (κ1) is 32.1. The van der Waals surface area contributed by atoms with Crippen LogP contribution in [0, 0.1) is 10.1 Å². The first-order valence-electron chi connectivity index (χ1n) is 13.9. The first-order chi connectivity index (χ1) is 21.6. The van der Waals surface area contributed by atoms with E-state index >= 15 is 0 Å². The van der Waals surface area contributed by atoms with E-state index < -0.39 is 34.3 Å². The summed E-state index contributed by atoms with van der Waals surface area (Å²) in [5.41, 5.74) is -0.933. The molecule has 3 aromatic carbocycles. The van der Waals surface area contributed by atoms with E-state index in [9.17, 15) is 29.3 Å². The second-order valence-corrected chi connectivity index (χ2v) is 9.54. The number of nitro groups is 1. The maximum absolute atomic E-state index is 14.3. The maximum Gasteiger partial charge on any atom is 0.355 e. The number of rotatable bonds is 12. The van der Waals surface area contributed by atoms with Crippen LogP contribution in [0.2, 0.25) is 0 Å². The molecule has 4 rings (SSSR count). The second kappa shape index (κ2) is 14.1. The number of nitrogens with one attached hydrogen (secondary N) is 1. The molecule has 0 amide bonds. The van der Waals surface area contributed by atoms with Crippen LogP contribution in [0.3, 0.4) is 0 Å². The highest BCUT2D eigenvalue weighted by molar-refractivity contribution is 6.20. The van der Waals surface area contributed by atoms with Crippen LogP contribution in [0.25, 0.3) is 0 Å². The minimum absolute atomic E-state index is 0.0632. The zero-order valence-corrected chi connectivity index (χ0v) is 24.9. The molecule has 1 heterocycles. The molecule has 0 saturated heterocycles. The number of allylic oxidation sites excluding steroid dienone is 2. The molecule has 232 valence electrons. The Morgan fingerprint density at radius 1 is 0.689 bits per heavy atom. The molecule has 0 unspecified atom stereocenters. The topological polar surface area (TPSA) is 160 Å². The van der Waals surface area contributed by atoms with E-state index in [1.807, 2.05) is 0 Å². The first-order valence-corrected chi connectivity index (χ1v) is 13.9. The van der Waals surface area contributed by atoms with Crippen molar-refractivity contribution in [3.8, 4) is 11.5 Å². The Morgan fingerprint density at radius 2 is 1.09 bits per heavy atom. The number of carbonyl (C=O) groups is 4. The van der Waals surface area contributed by atoms with Crippen molar-refractivity contribution in [3.05, 3.63) is 122 Å². The quantitative estimate of drug-likeness (QED) is 0.130. The molecule has 1 aliphatic rings. The van der Waals surface area contributed by atoms with Crippen molar-refractivity contribution < 1.29 is 43.0 Å². The number of ketones is 2. The third kappa shape index (κ3) is 6.74. The minimum Gasteiger partial charge on any atom is -0.497 e. The number of benzene rings is 3. The predicted octanol–water partition coefficient (Wildman–Crippen LogP) is 4.70. The van der Waals surface area contributed by atoms with Crippen LogP contribution in [0.1, 0.15) is 46.0 Å². The Labute approximate surface area is 258 Å². The largest absolute Gasteiger partial charge is 0.497 e. The van der Waals surface area contributed by atoms with Gasteiger partial charge in [0, 0.05) is 40.3 Å². The van der Waals surface area contributed by atoms with Crippen LogP contribution in [0.15, 0.2) is 95.3 Å². The molecule has 0 radical (unpaired) electrons. The van der Waals surface area contributed by atoms with Gasteiger partial charge < -0.3 is 24.3 Å². The summed E-state index contributed by atoms with van der Waals surface area (Å²) in [5, 5.41) is 14.2. The molecule has 45 heavy (non-hydrogen) atoms. The number of hydrogen-bond acceptors (Lipinski definition) is 11. The average Bonchev–Trinajstić information content (AvgIpc) is 3.07. The highest BCUT2D eigenvalue weighted by Crippen LogP contribution is 2.42. The number of hydrogen-bond donors (Lipinski definition) is 1. The van der Waals surface area contributed by atoms with Gasteiger partial charge in [0.1, 0.15) is 22.9 Å². The number of methoxy groups -OCH3 is 2. The Hall–Kier alpha value is -5.78. The van der Waals surface area contributed by atoms with E-state index in [-0.39, 0.29) is 58.1 Å². The number of esters is 2. The zero-order chi connectivity index (χ0) is 32.7. The number of carbonyl (C=O) groups excluding carboxylic acids is 4. The molecule has 12 heteroatoms. The molecule has 12 nitrogen and oxygen atoms in total. The summed E-state index contributed by atoms with van der Waals surface area (Å²) in [7, 11) is 2.93. The fourth-order valence-electron chi connectivity index (χ4n) is 4.83. The highest BCUT2D eigenvalue weighted by Gasteiger charge is 2.43. The predicted molar refractivity (Wildman–Crippen MR) is 161 cm³/mol. The van der Waals surface area contributed by atoms with Crippen molar-refractivity contribution in [3.63, 3.8) is 0 Å². The normalized spacial score (nSPS) is 13.1. The van der Waals surface area contributed by atoms with Gasteiger partial charge in [-0.15, -0.1) is 0 Å². The fraction of sp³-hybridized carbons (Fsp3) is 0.212.